The van der Waals surface area contributed by atoms with Gasteiger partial charge in [0.25, 0.3) is 0 Å². The molecular weight excluding hydrogens is 234 g/mol. The molecule has 2 aromatic rings. The molecule has 0 bridgehead atoms. The number of amidine groups is 1. The van der Waals surface area contributed by atoms with Crippen LogP contribution in [0.15, 0.2) is 35.7 Å². The molecule has 1 aromatic heterocycles. The van der Waals surface area contributed by atoms with E-state index in [0.29, 0.717) is 5.56 Å². The molecule has 0 saturated heterocycles. The molecule has 17 heavy (non-hydrogen) atoms. The van der Waals surface area contributed by atoms with Gasteiger partial charge in [-0.2, -0.15) is 5.10 Å². The fourth-order valence-electron chi connectivity index (χ4n) is 1.59. The van der Waals surface area contributed by atoms with Crippen LogP contribution in [-0.2, 0) is 0 Å². The standard InChI is InChI=1S/C11H13N5S/c1-2-17-9-5-3-4-8(10(9)11(12)13)16-7-14-6-15-16/h3-7H,2H2,1H3,(H3,12,13). The molecule has 0 unspecified atom stereocenters. The Balaban J connectivity index is 2.59. The average Bonchev–Trinajstić information content (AvgIpc) is 2.82. The molecule has 0 aliphatic rings. The van der Waals surface area contributed by atoms with Crippen molar-refractivity contribution in [1.29, 1.82) is 5.41 Å². The molecule has 0 saturated carbocycles. The summed E-state index contributed by atoms with van der Waals surface area (Å²) in [6, 6.07) is 5.78. The minimum absolute atomic E-state index is 0.0482. The van der Waals surface area contributed by atoms with Gasteiger partial charge in [0, 0.05) is 4.90 Å². The van der Waals surface area contributed by atoms with Crippen LogP contribution in [0.1, 0.15) is 12.5 Å². The molecular formula is C11H13N5S. The lowest BCUT2D eigenvalue weighted by atomic mass is 10.1. The molecule has 6 heteroatoms. The SMILES string of the molecule is CCSc1cccc(-n2cncn2)c1C(=N)N. The van der Waals surface area contributed by atoms with Gasteiger partial charge in [0.15, 0.2) is 0 Å². The van der Waals surface area contributed by atoms with Gasteiger partial charge in [0.1, 0.15) is 18.5 Å². The van der Waals surface area contributed by atoms with Gasteiger partial charge < -0.3 is 5.73 Å². The zero-order valence-corrected chi connectivity index (χ0v) is 10.2. The Labute approximate surface area is 104 Å². The zero-order valence-electron chi connectivity index (χ0n) is 9.42. The number of rotatable bonds is 4. The molecule has 1 heterocycles. The van der Waals surface area contributed by atoms with Crippen molar-refractivity contribution in [3.05, 3.63) is 36.4 Å². The maximum Gasteiger partial charge on any atom is 0.138 e. The fraction of sp³-hybridized carbons (Fsp3) is 0.182. The number of thioether (sulfide) groups is 1. The molecule has 5 nitrogen and oxygen atoms in total. The second-order valence-electron chi connectivity index (χ2n) is 3.34. The monoisotopic (exact) mass is 247 g/mol. The molecule has 1 aromatic carbocycles. The summed E-state index contributed by atoms with van der Waals surface area (Å²) in [6.07, 6.45) is 3.06. The summed E-state index contributed by atoms with van der Waals surface area (Å²) in [4.78, 5) is 4.90. The van der Waals surface area contributed by atoms with Gasteiger partial charge in [0.2, 0.25) is 0 Å². The quantitative estimate of drug-likeness (QED) is 0.489. The largest absolute Gasteiger partial charge is 0.384 e. The van der Waals surface area contributed by atoms with Crippen LogP contribution < -0.4 is 5.73 Å². The smallest absolute Gasteiger partial charge is 0.138 e. The lowest BCUT2D eigenvalue weighted by Crippen LogP contribution is -2.16. The van der Waals surface area contributed by atoms with Crippen LogP contribution in [0, 0.1) is 5.41 Å². The van der Waals surface area contributed by atoms with Crippen LogP contribution in [0.5, 0.6) is 0 Å². The van der Waals surface area contributed by atoms with Crippen molar-refractivity contribution in [1.82, 2.24) is 14.8 Å². The van der Waals surface area contributed by atoms with Crippen molar-refractivity contribution in [2.45, 2.75) is 11.8 Å². The van der Waals surface area contributed by atoms with Gasteiger partial charge in [-0.15, -0.1) is 11.8 Å². The minimum Gasteiger partial charge on any atom is -0.384 e. The topological polar surface area (TPSA) is 80.6 Å². The number of hydrogen-bond acceptors (Lipinski definition) is 4. The average molecular weight is 247 g/mol. The van der Waals surface area contributed by atoms with Gasteiger partial charge in [-0.3, -0.25) is 5.41 Å². The summed E-state index contributed by atoms with van der Waals surface area (Å²) in [7, 11) is 0. The van der Waals surface area contributed by atoms with E-state index in [0.717, 1.165) is 16.3 Å². The third-order valence-corrected chi connectivity index (χ3v) is 3.18. The van der Waals surface area contributed by atoms with Crippen LogP contribution in [0.25, 0.3) is 5.69 Å². The molecule has 0 amide bonds. The van der Waals surface area contributed by atoms with Gasteiger partial charge in [0.05, 0.1) is 11.3 Å². The summed E-state index contributed by atoms with van der Waals surface area (Å²) in [5, 5.41) is 11.8. The van der Waals surface area contributed by atoms with Crippen molar-refractivity contribution in [2.75, 3.05) is 5.75 Å². The van der Waals surface area contributed by atoms with E-state index in [1.807, 2.05) is 18.2 Å². The van der Waals surface area contributed by atoms with Crippen molar-refractivity contribution >= 4 is 17.6 Å². The number of nitrogen functional groups attached to an aromatic ring is 1. The second-order valence-corrected chi connectivity index (χ2v) is 4.64. The number of hydrogen-bond donors (Lipinski definition) is 2. The molecule has 0 radical (unpaired) electrons. The van der Waals surface area contributed by atoms with E-state index < -0.39 is 0 Å². The van der Waals surface area contributed by atoms with E-state index in [1.165, 1.54) is 6.33 Å². The number of benzene rings is 1. The number of nitrogens with zero attached hydrogens (tertiary/aromatic N) is 3. The Bertz CT molecular complexity index is 521. The summed E-state index contributed by atoms with van der Waals surface area (Å²) < 4.78 is 1.62. The Hall–Kier alpha value is -1.82. The predicted molar refractivity (Wildman–Crippen MR) is 68.8 cm³/mol. The van der Waals surface area contributed by atoms with E-state index in [1.54, 1.807) is 22.8 Å². The Morgan fingerprint density at radius 1 is 1.53 bits per heavy atom. The Morgan fingerprint density at radius 3 is 2.94 bits per heavy atom. The zero-order chi connectivity index (χ0) is 12.3. The van der Waals surface area contributed by atoms with Crippen LogP contribution in [0.2, 0.25) is 0 Å². The second kappa shape index (κ2) is 5.01. The molecule has 0 spiro atoms. The lowest BCUT2D eigenvalue weighted by molar-refractivity contribution is 0.872. The molecule has 0 fully saturated rings. The number of nitrogens with two attached hydrogens (primary N) is 1. The summed E-state index contributed by atoms with van der Waals surface area (Å²) >= 11 is 1.66. The number of nitrogens with one attached hydrogen (secondary N) is 1. The van der Waals surface area contributed by atoms with Crippen LogP contribution in [0.3, 0.4) is 0 Å². The van der Waals surface area contributed by atoms with Crippen molar-refractivity contribution in [3.8, 4) is 5.69 Å². The third kappa shape index (κ3) is 2.31. The van der Waals surface area contributed by atoms with Crippen molar-refractivity contribution in [3.63, 3.8) is 0 Å². The summed E-state index contributed by atoms with van der Waals surface area (Å²) in [6.45, 7) is 2.07. The van der Waals surface area contributed by atoms with Crippen LogP contribution in [0.4, 0.5) is 0 Å². The first kappa shape index (κ1) is 11.7. The Morgan fingerprint density at radius 2 is 2.35 bits per heavy atom. The minimum atomic E-state index is 0.0482. The molecule has 88 valence electrons. The molecule has 0 aliphatic heterocycles. The molecule has 0 aliphatic carbocycles. The highest BCUT2D eigenvalue weighted by molar-refractivity contribution is 7.99. The maximum atomic E-state index is 7.70. The van der Waals surface area contributed by atoms with Crippen LogP contribution in [-0.4, -0.2) is 26.4 Å². The van der Waals surface area contributed by atoms with E-state index >= 15 is 0 Å². The summed E-state index contributed by atoms with van der Waals surface area (Å²) in [5.74, 6) is 0.980. The van der Waals surface area contributed by atoms with E-state index in [2.05, 4.69) is 17.0 Å². The first-order valence-electron chi connectivity index (χ1n) is 5.19. The van der Waals surface area contributed by atoms with Gasteiger partial charge >= 0.3 is 0 Å². The highest BCUT2D eigenvalue weighted by Crippen LogP contribution is 2.26. The first-order valence-corrected chi connectivity index (χ1v) is 6.17. The molecule has 2 rings (SSSR count). The molecule has 0 atom stereocenters. The third-order valence-electron chi connectivity index (χ3n) is 2.24. The molecule has 3 N–H and O–H groups in total. The summed E-state index contributed by atoms with van der Waals surface area (Å²) in [5.41, 5.74) is 7.16. The highest BCUT2D eigenvalue weighted by atomic mass is 32.2. The van der Waals surface area contributed by atoms with Crippen molar-refractivity contribution in [2.24, 2.45) is 5.73 Å². The van der Waals surface area contributed by atoms with E-state index in [4.69, 9.17) is 11.1 Å². The van der Waals surface area contributed by atoms with Gasteiger partial charge in [-0.25, -0.2) is 9.67 Å². The first-order chi connectivity index (χ1) is 8.24. The van der Waals surface area contributed by atoms with Gasteiger partial charge in [-0.05, 0) is 17.9 Å². The van der Waals surface area contributed by atoms with E-state index in [9.17, 15) is 0 Å². The normalized spacial score (nSPS) is 10.4. The number of aromatic nitrogens is 3. The highest BCUT2D eigenvalue weighted by Gasteiger charge is 2.13. The Kier molecular flexibility index (Phi) is 3.43. The van der Waals surface area contributed by atoms with Crippen LogP contribution >= 0.6 is 11.8 Å². The lowest BCUT2D eigenvalue weighted by Gasteiger charge is -2.12. The maximum absolute atomic E-state index is 7.70. The predicted octanol–water partition coefficient (Wildman–Crippen LogP) is 1.66. The van der Waals surface area contributed by atoms with Gasteiger partial charge in [-0.1, -0.05) is 13.0 Å². The van der Waals surface area contributed by atoms with E-state index in [-0.39, 0.29) is 5.84 Å². The van der Waals surface area contributed by atoms with Crippen molar-refractivity contribution < 1.29 is 0 Å². The fourth-order valence-corrected chi connectivity index (χ4v) is 2.43.